The Morgan fingerprint density at radius 3 is 2.31 bits per heavy atom. The van der Waals surface area contributed by atoms with E-state index in [2.05, 4.69) is 10.3 Å². The minimum atomic E-state index is -0.110. The van der Waals surface area contributed by atoms with Crippen LogP contribution in [-0.4, -0.2) is 22.5 Å². The van der Waals surface area contributed by atoms with Crippen LogP contribution in [0.3, 0.4) is 0 Å². The minimum absolute atomic E-state index is 0.0439. The van der Waals surface area contributed by atoms with Gasteiger partial charge >= 0.3 is 0 Å². The van der Waals surface area contributed by atoms with E-state index in [1.807, 2.05) is 73.7 Å². The minimum Gasteiger partial charge on any atom is -0.392 e. The molecular weight excluding hydrogens is 324 g/mol. The first-order chi connectivity index (χ1) is 12.7. The van der Waals surface area contributed by atoms with Crippen molar-refractivity contribution in [3.05, 3.63) is 89.1 Å². The number of benzene rings is 2. The first-order valence-corrected chi connectivity index (χ1v) is 8.67. The monoisotopic (exact) mass is 346 g/mol. The molecule has 3 aromatic rings. The molecule has 0 aliphatic rings. The summed E-state index contributed by atoms with van der Waals surface area (Å²) in [7, 11) is 0. The van der Waals surface area contributed by atoms with Crippen LogP contribution in [0.1, 0.15) is 27.2 Å². The number of rotatable bonds is 6. The predicted molar refractivity (Wildman–Crippen MR) is 103 cm³/mol. The molecule has 0 radical (unpaired) electrons. The van der Waals surface area contributed by atoms with Crippen LogP contribution in [0.4, 0.5) is 0 Å². The second kappa shape index (κ2) is 8.41. The highest BCUT2D eigenvalue weighted by Crippen LogP contribution is 2.18. The molecule has 4 heteroatoms. The molecule has 2 N–H and O–H groups in total. The van der Waals surface area contributed by atoms with Crippen molar-refractivity contribution in [1.82, 2.24) is 10.3 Å². The number of aryl methyl sites for hydroxylation is 1. The maximum Gasteiger partial charge on any atom is 0.253 e. The van der Waals surface area contributed by atoms with Gasteiger partial charge in [0.15, 0.2) is 0 Å². The van der Waals surface area contributed by atoms with Crippen LogP contribution < -0.4 is 5.32 Å². The van der Waals surface area contributed by atoms with Crippen molar-refractivity contribution in [3.63, 3.8) is 0 Å². The third-order valence-corrected chi connectivity index (χ3v) is 4.30. The van der Waals surface area contributed by atoms with E-state index in [1.165, 1.54) is 0 Å². The number of hydrogen-bond donors (Lipinski definition) is 2. The Bertz CT molecular complexity index is 874. The summed E-state index contributed by atoms with van der Waals surface area (Å²) in [5.41, 5.74) is 5.23. The molecule has 2 aromatic carbocycles. The van der Waals surface area contributed by atoms with Crippen molar-refractivity contribution in [2.45, 2.75) is 20.0 Å². The van der Waals surface area contributed by atoms with Crippen molar-refractivity contribution in [1.29, 1.82) is 0 Å². The van der Waals surface area contributed by atoms with Gasteiger partial charge in [0.05, 0.1) is 23.6 Å². The smallest absolute Gasteiger partial charge is 0.253 e. The van der Waals surface area contributed by atoms with Crippen LogP contribution in [0.25, 0.3) is 11.3 Å². The number of nitrogens with one attached hydrogen (secondary N) is 1. The Morgan fingerprint density at radius 2 is 1.65 bits per heavy atom. The van der Waals surface area contributed by atoms with Crippen molar-refractivity contribution in [2.75, 3.05) is 6.54 Å². The third kappa shape index (κ3) is 4.35. The van der Waals surface area contributed by atoms with Gasteiger partial charge in [-0.05, 0) is 36.6 Å². The molecule has 1 aromatic heterocycles. The first-order valence-electron chi connectivity index (χ1n) is 8.67. The van der Waals surface area contributed by atoms with Crippen LogP contribution in [0.2, 0.25) is 0 Å². The van der Waals surface area contributed by atoms with Crippen molar-refractivity contribution in [3.8, 4) is 11.3 Å². The largest absolute Gasteiger partial charge is 0.392 e. The van der Waals surface area contributed by atoms with Crippen LogP contribution in [0, 0.1) is 6.92 Å². The van der Waals surface area contributed by atoms with E-state index in [9.17, 15) is 4.79 Å². The molecule has 1 amide bonds. The highest BCUT2D eigenvalue weighted by atomic mass is 16.3. The van der Waals surface area contributed by atoms with E-state index >= 15 is 0 Å². The van der Waals surface area contributed by atoms with Gasteiger partial charge in [0.2, 0.25) is 0 Å². The lowest BCUT2D eigenvalue weighted by molar-refractivity contribution is 0.0953. The molecule has 0 saturated carbocycles. The Hall–Kier alpha value is -2.98. The fourth-order valence-corrected chi connectivity index (χ4v) is 2.80. The molecule has 0 fully saturated rings. The number of pyridine rings is 1. The summed E-state index contributed by atoms with van der Waals surface area (Å²) in [6.45, 7) is 2.45. The quantitative estimate of drug-likeness (QED) is 0.718. The number of carbonyl (C=O) groups excluding carboxylic acids is 1. The molecule has 0 aliphatic heterocycles. The van der Waals surface area contributed by atoms with Gasteiger partial charge in [-0.15, -0.1) is 0 Å². The van der Waals surface area contributed by atoms with Crippen LogP contribution >= 0.6 is 0 Å². The van der Waals surface area contributed by atoms with Gasteiger partial charge in [0.1, 0.15) is 0 Å². The summed E-state index contributed by atoms with van der Waals surface area (Å²) < 4.78 is 0. The highest BCUT2D eigenvalue weighted by molar-refractivity contribution is 5.95. The van der Waals surface area contributed by atoms with E-state index in [4.69, 9.17) is 5.11 Å². The Labute approximate surface area is 153 Å². The van der Waals surface area contributed by atoms with Crippen molar-refractivity contribution >= 4 is 5.91 Å². The van der Waals surface area contributed by atoms with Gasteiger partial charge in [0, 0.05) is 12.1 Å². The summed E-state index contributed by atoms with van der Waals surface area (Å²) in [5.74, 6) is -0.110. The molecule has 0 spiro atoms. The number of aliphatic hydroxyl groups excluding tert-OH is 1. The summed E-state index contributed by atoms with van der Waals surface area (Å²) in [6.07, 6.45) is 0.742. The van der Waals surface area contributed by atoms with Crippen molar-refractivity contribution < 1.29 is 9.90 Å². The number of amides is 1. The number of nitrogens with zero attached hydrogens (tertiary/aromatic N) is 1. The predicted octanol–water partition coefficient (Wildman–Crippen LogP) is 3.52. The Balaban J connectivity index is 1.60. The lowest BCUT2D eigenvalue weighted by atomic mass is 10.1. The molecule has 0 aliphatic carbocycles. The van der Waals surface area contributed by atoms with Crippen LogP contribution in [-0.2, 0) is 13.0 Å². The molecule has 132 valence electrons. The molecule has 0 unspecified atom stereocenters. The Kier molecular flexibility index (Phi) is 5.77. The zero-order valence-corrected chi connectivity index (χ0v) is 14.8. The lowest BCUT2D eigenvalue weighted by Gasteiger charge is -2.09. The number of hydrogen-bond acceptors (Lipinski definition) is 3. The zero-order chi connectivity index (χ0) is 18.4. The van der Waals surface area contributed by atoms with Gasteiger partial charge in [-0.2, -0.15) is 0 Å². The van der Waals surface area contributed by atoms with Crippen LogP contribution in [0.5, 0.6) is 0 Å². The van der Waals surface area contributed by atoms with E-state index in [1.54, 1.807) is 0 Å². The summed E-state index contributed by atoms with van der Waals surface area (Å²) in [5, 5.41) is 12.0. The average molecular weight is 346 g/mol. The van der Waals surface area contributed by atoms with Crippen molar-refractivity contribution in [2.24, 2.45) is 0 Å². The molecule has 0 saturated heterocycles. The van der Waals surface area contributed by atoms with Gasteiger partial charge in [-0.3, -0.25) is 9.78 Å². The Morgan fingerprint density at radius 1 is 0.962 bits per heavy atom. The second-order valence-electron chi connectivity index (χ2n) is 6.18. The van der Waals surface area contributed by atoms with Gasteiger partial charge in [-0.25, -0.2) is 0 Å². The molecule has 0 bridgehead atoms. The number of aliphatic hydroxyl groups is 1. The normalized spacial score (nSPS) is 10.5. The fourth-order valence-electron chi connectivity index (χ4n) is 2.80. The van der Waals surface area contributed by atoms with E-state index in [0.29, 0.717) is 12.1 Å². The number of carbonyl (C=O) groups is 1. The first kappa shape index (κ1) is 17.8. The zero-order valence-electron chi connectivity index (χ0n) is 14.8. The molecule has 3 rings (SSSR count). The maximum absolute atomic E-state index is 12.4. The molecule has 0 atom stereocenters. The van der Waals surface area contributed by atoms with Crippen LogP contribution in [0.15, 0.2) is 66.7 Å². The SMILES string of the molecule is Cc1nc(-c2ccccc2)ccc1C(=O)NCCc1ccc(CO)cc1. The third-order valence-electron chi connectivity index (χ3n) is 4.30. The standard InChI is InChI=1S/C22H22N2O2/c1-16-20(11-12-21(24-16)19-5-3-2-4-6-19)22(26)23-14-13-17-7-9-18(15-25)10-8-17/h2-12,25H,13-15H2,1H3,(H,23,26). The molecule has 1 heterocycles. The molecule has 26 heavy (non-hydrogen) atoms. The topological polar surface area (TPSA) is 62.2 Å². The maximum atomic E-state index is 12.4. The van der Waals surface area contributed by atoms with Gasteiger partial charge in [-0.1, -0.05) is 54.6 Å². The van der Waals surface area contributed by atoms with Gasteiger partial charge in [0.25, 0.3) is 5.91 Å². The summed E-state index contributed by atoms with van der Waals surface area (Å²) >= 11 is 0. The molecular formula is C22H22N2O2. The average Bonchev–Trinajstić information content (AvgIpc) is 2.69. The van der Waals surface area contributed by atoms with Gasteiger partial charge < -0.3 is 10.4 Å². The lowest BCUT2D eigenvalue weighted by Crippen LogP contribution is -2.26. The second-order valence-corrected chi connectivity index (χ2v) is 6.18. The number of aromatic nitrogens is 1. The fraction of sp³-hybridized carbons (Fsp3) is 0.182. The summed E-state index contributed by atoms with van der Waals surface area (Å²) in [6, 6.07) is 21.4. The summed E-state index contributed by atoms with van der Waals surface area (Å²) in [4.78, 5) is 17.0. The van der Waals surface area contributed by atoms with E-state index < -0.39 is 0 Å². The van der Waals surface area contributed by atoms with E-state index in [-0.39, 0.29) is 12.5 Å². The van der Waals surface area contributed by atoms with E-state index in [0.717, 1.165) is 34.5 Å². The molecule has 4 nitrogen and oxygen atoms in total. The highest BCUT2D eigenvalue weighted by Gasteiger charge is 2.11.